The highest BCUT2D eigenvalue weighted by atomic mass is 32.2. The molecule has 1 saturated heterocycles. The van der Waals surface area contributed by atoms with Crippen molar-refractivity contribution < 1.29 is 19.6 Å². The standard InChI is InChI=1S/C18H11N3O5S/c19-9-11-3-1-2-4-12(11)10-20-17(23)16(27-18(20)24)8-13-7-14(22)5-6-15(13)21(25)26/h1-8,22H,10H2/b16-8+. The second kappa shape index (κ2) is 7.31. The summed E-state index contributed by atoms with van der Waals surface area (Å²) in [4.78, 5) is 36.3. The van der Waals surface area contributed by atoms with Crippen LogP contribution >= 0.6 is 11.8 Å². The van der Waals surface area contributed by atoms with Gasteiger partial charge in [-0.2, -0.15) is 5.26 Å². The minimum atomic E-state index is -0.640. The van der Waals surface area contributed by atoms with Crippen molar-refractivity contribution in [2.75, 3.05) is 0 Å². The van der Waals surface area contributed by atoms with Crippen LogP contribution in [0.15, 0.2) is 47.4 Å². The summed E-state index contributed by atoms with van der Waals surface area (Å²) in [5, 5.41) is 29.3. The first-order valence-corrected chi connectivity index (χ1v) is 8.43. The minimum absolute atomic E-state index is 0.00291. The first kappa shape index (κ1) is 18.2. The number of amides is 2. The monoisotopic (exact) mass is 381 g/mol. The number of nitrogens with zero attached hydrogens (tertiary/aromatic N) is 3. The SMILES string of the molecule is N#Cc1ccccc1CN1C(=O)S/C(=C/c2cc(O)ccc2[N+](=O)[O-])C1=O. The summed E-state index contributed by atoms with van der Waals surface area (Å²) in [6, 6.07) is 12.0. The molecular weight excluding hydrogens is 370 g/mol. The molecular formula is C18H11N3O5S. The van der Waals surface area contributed by atoms with E-state index in [0.717, 1.165) is 17.0 Å². The molecule has 0 spiro atoms. The number of phenols is 1. The topological polar surface area (TPSA) is 125 Å². The Bertz CT molecular complexity index is 1040. The average molecular weight is 381 g/mol. The second-order valence-electron chi connectivity index (χ2n) is 5.54. The van der Waals surface area contributed by atoms with Crippen LogP contribution in [-0.4, -0.2) is 26.1 Å². The van der Waals surface area contributed by atoms with Crippen molar-refractivity contribution in [3.8, 4) is 11.8 Å². The van der Waals surface area contributed by atoms with Gasteiger partial charge >= 0.3 is 0 Å². The van der Waals surface area contributed by atoms with Crippen molar-refractivity contribution in [1.29, 1.82) is 5.26 Å². The molecule has 0 radical (unpaired) electrons. The van der Waals surface area contributed by atoms with Crippen LogP contribution < -0.4 is 0 Å². The molecule has 1 N–H and O–H groups in total. The van der Waals surface area contributed by atoms with Crippen molar-refractivity contribution in [3.05, 3.63) is 74.2 Å². The Kier molecular flexibility index (Phi) is 4.92. The Morgan fingerprint density at radius 3 is 2.70 bits per heavy atom. The van der Waals surface area contributed by atoms with Gasteiger partial charge in [-0.1, -0.05) is 18.2 Å². The van der Waals surface area contributed by atoms with Crippen LogP contribution in [0.3, 0.4) is 0 Å². The lowest BCUT2D eigenvalue weighted by Crippen LogP contribution is -2.27. The summed E-state index contributed by atoms with van der Waals surface area (Å²) < 4.78 is 0. The number of nitro benzene ring substituents is 1. The van der Waals surface area contributed by atoms with E-state index in [1.807, 2.05) is 6.07 Å². The Labute approximate surface area is 157 Å². The molecule has 3 rings (SSSR count). The van der Waals surface area contributed by atoms with E-state index in [2.05, 4.69) is 0 Å². The quantitative estimate of drug-likeness (QED) is 0.489. The third-order valence-electron chi connectivity index (χ3n) is 3.83. The van der Waals surface area contributed by atoms with Gasteiger partial charge in [0.15, 0.2) is 0 Å². The molecule has 2 amide bonds. The van der Waals surface area contributed by atoms with Crippen LogP contribution in [0.2, 0.25) is 0 Å². The van der Waals surface area contributed by atoms with Crippen molar-refractivity contribution in [2.45, 2.75) is 6.54 Å². The molecule has 8 nitrogen and oxygen atoms in total. The zero-order chi connectivity index (χ0) is 19.6. The van der Waals surface area contributed by atoms with Crippen LogP contribution in [0.5, 0.6) is 5.75 Å². The summed E-state index contributed by atoms with van der Waals surface area (Å²) in [6.45, 7) is -0.0755. The van der Waals surface area contributed by atoms with Crippen molar-refractivity contribution >= 4 is 34.7 Å². The molecule has 0 saturated carbocycles. The van der Waals surface area contributed by atoms with E-state index in [1.54, 1.807) is 24.3 Å². The van der Waals surface area contributed by atoms with Crippen LogP contribution in [0.1, 0.15) is 16.7 Å². The third-order valence-corrected chi connectivity index (χ3v) is 4.74. The Morgan fingerprint density at radius 2 is 2.00 bits per heavy atom. The molecule has 27 heavy (non-hydrogen) atoms. The van der Waals surface area contributed by atoms with E-state index in [0.29, 0.717) is 22.9 Å². The maximum absolute atomic E-state index is 12.6. The predicted octanol–water partition coefficient (Wildman–Crippen LogP) is 3.41. The van der Waals surface area contributed by atoms with E-state index < -0.39 is 16.1 Å². The molecule has 1 heterocycles. The maximum Gasteiger partial charge on any atom is 0.293 e. The molecule has 0 bridgehead atoms. The molecule has 0 unspecified atom stereocenters. The van der Waals surface area contributed by atoms with Gasteiger partial charge in [-0.3, -0.25) is 24.6 Å². The third kappa shape index (κ3) is 3.65. The van der Waals surface area contributed by atoms with Gasteiger partial charge in [0.25, 0.3) is 16.8 Å². The van der Waals surface area contributed by atoms with Gasteiger partial charge in [-0.05, 0) is 41.6 Å². The summed E-state index contributed by atoms with van der Waals surface area (Å²) >= 11 is 0.647. The number of nitro groups is 1. The van der Waals surface area contributed by atoms with Crippen molar-refractivity contribution in [1.82, 2.24) is 4.90 Å². The summed E-state index contributed by atoms with van der Waals surface area (Å²) in [6.07, 6.45) is 1.21. The molecule has 2 aromatic rings. The smallest absolute Gasteiger partial charge is 0.293 e. The van der Waals surface area contributed by atoms with Gasteiger partial charge in [0.1, 0.15) is 5.75 Å². The van der Waals surface area contributed by atoms with Crippen molar-refractivity contribution in [3.63, 3.8) is 0 Å². The summed E-state index contributed by atoms with van der Waals surface area (Å²) in [5.74, 6) is -0.815. The Morgan fingerprint density at radius 1 is 1.26 bits per heavy atom. The fourth-order valence-corrected chi connectivity index (χ4v) is 3.37. The molecule has 0 aromatic heterocycles. The second-order valence-corrected chi connectivity index (χ2v) is 6.53. The van der Waals surface area contributed by atoms with Gasteiger partial charge < -0.3 is 5.11 Å². The van der Waals surface area contributed by atoms with E-state index in [-0.39, 0.29) is 28.5 Å². The van der Waals surface area contributed by atoms with E-state index in [1.165, 1.54) is 12.1 Å². The molecule has 0 atom stereocenters. The molecule has 2 aromatic carbocycles. The lowest BCUT2D eigenvalue weighted by molar-refractivity contribution is -0.385. The molecule has 9 heteroatoms. The highest BCUT2D eigenvalue weighted by Gasteiger charge is 2.35. The van der Waals surface area contributed by atoms with Crippen LogP contribution in [0, 0.1) is 21.4 Å². The van der Waals surface area contributed by atoms with Crippen LogP contribution in [0.25, 0.3) is 6.08 Å². The number of rotatable bonds is 4. The fraction of sp³-hybridized carbons (Fsp3) is 0.0556. The lowest BCUT2D eigenvalue weighted by atomic mass is 10.1. The van der Waals surface area contributed by atoms with Gasteiger partial charge in [0, 0.05) is 6.07 Å². The van der Waals surface area contributed by atoms with Crippen LogP contribution in [-0.2, 0) is 11.3 Å². The first-order valence-electron chi connectivity index (χ1n) is 7.61. The Balaban J connectivity index is 1.93. The number of nitriles is 1. The molecule has 0 aliphatic carbocycles. The number of aromatic hydroxyl groups is 1. The lowest BCUT2D eigenvalue weighted by Gasteiger charge is -2.13. The number of imide groups is 1. The molecule has 1 aliphatic heterocycles. The average Bonchev–Trinajstić information content (AvgIpc) is 2.89. The molecule has 134 valence electrons. The van der Waals surface area contributed by atoms with E-state index >= 15 is 0 Å². The maximum atomic E-state index is 12.6. The Hall–Kier alpha value is -3.64. The normalized spacial score (nSPS) is 15.2. The number of hydrogen-bond donors (Lipinski definition) is 1. The molecule has 1 fully saturated rings. The van der Waals surface area contributed by atoms with E-state index in [4.69, 9.17) is 5.26 Å². The minimum Gasteiger partial charge on any atom is -0.508 e. The van der Waals surface area contributed by atoms with E-state index in [9.17, 15) is 24.8 Å². The summed E-state index contributed by atoms with van der Waals surface area (Å²) in [7, 11) is 0. The number of hydrogen-bond acceptors (Lipinski definition) is 7. The number of benzene rings is 2. The number of phenolic OH excluding ortho intramolecular Hbond substituents is 1. The zero-order valence-electron chi connectivity index (χ0n) is 13.7. The highest BCUT2D eigenvalue weighted by molar-refractivity contribution is 8.18. The van der Waals surface area contributed by atoms with Crippen molar-refractivity contribution in [2.24, 2.45) is 0 Å². The summed E-state index contributed by atoms with van der Waals surface area (Å²) in [5.41, 5.74) is 0.591. The zero-order valence-corrected chi connectivity index (χ0v) is 14.5. The predicted molar refractivity (Wildman–Crippen MR) is 97.4 cm³/mol. The number of carbonyl (C=O) groups excluding carboxylic acids is 2. The van der Waals surface area contributed by atoms with Gasteiger partial charge in [-0.15, -0.1) is 0 Å². The highest BCUT2D eigenvalue weighted by Crippen LogP contribution is 2.35. The van der Waals surface area contributed by atoms with Crippen LogP contribution in [0.4, 0.5) is 10.5 Å². The number of carbonyl (C=O) groups is 2. The molecule has 1 aliphatic rings. The van der Waals surface area contributed by atoms with Gasteiger partial charge in [0.05, 0.1) is 33.6 Å². The largest absolute Gasteiger partial charge is 0.508 e. The first-order chi connectivity index (χ1) is 12.9. The van der Waals surface area contributed by atoms with Gasteiger partial charge in [-0.25, -0.2) is 0 Å². The fourth-order valence-electron chi connectivity index (χ4n) is 2.54. The van der Waals surface area contributed by atoms with Gasteiger partial charge in [0.2, 0.25) is 0 Å². The number of thioether (sulfide) groups is 1.